The molecule has 2 N–H and O–H groups in total. The molecule has 8 nitrogen and oxygen atoms in total. The topological polar surface area (TPSA) is 90.3 Å². The number of halogens is 1. The summed E-state index contributed by atoms with van der Waals surface area (Å²) >= 11 is 7.83. The van der Waals surface area contributed by atoms with E-state index in [1.54, 1.807) is 23.9 Å². The molecule has 0 spiro atoms. The van der Waals surface area contributed by atoms with E-state index in [-0.39, 0.29) is 5.91 Å². The highest BCUT2D eigenvalue weighted by Gasteiger charge is 2.35. The summed E-state index contributed by atoms with van der Waals surface area (Å²) in [5.74, 6) is 2.17. The number of methoxy groups -OCH3 is 1. The fraction of sp³-hybridized carbons (Fsp3) is 0.207. The Hall–Kier alpha value is -3.95. The van der Waals surface area contributed by atoms with Crippen LogP contribution in [0.5, 0.6) is 11.5 Å². The Bertz CT molecular complexity index is 1540. The third-order valence-electron chi connectivity index (χ3n) is 6.23. The van der Waals surface area contributed by atoms with Gasteiger partial charge in [-0.25, -0.2) is 4.68 Å². The lowest BCUT2D eigenvalue weighted by Gasteiger charge is -2.29. The van der Waals surface area contributed by atoms with E-state index in [2.05, 4.69) is 10.6 Å². The monoisotopic (exact) mass is 561 g/mol. The van der Waals surface area contributed by atoms with Crippen molar-refractivity contribution in [3.05, 3.63) is 100 Å². The fourth-order valence-corrected chi connectivity index (χ4v) is 5.55. The molecule has 1 aromatic heterocycles. The first-order valence-electron chi connectivity index (χ1n) is 12.5. The largest absolute Gasteiger partial charge is 0.495 e. The maximum atomic E-state index is 13.8. The van der Waals surface area contributed by atoms with Crippen LogP contribution < -0.4 is 20.1 Å². The summed E-state index contributed by atoms with van der Waals surface area (Å²) in [6.45, 7) is 4.33. The molecule has 10 heteroatoms. The number of para-hydroxylation sites is 2. The molecule has 1 atom stereocenters. The van der Waals surface area contributed by atoms with E-state index in [0.29, 0.717) is 56.9 Å². The number of nitrogens with one attached hydrogen (secondary N) is 2. The molecule has 5 rings (SSSR count). The van der Waals surface area contributed by atoms with E-state index in [1.807, 2.05) is 74.5 Å². The molecule has 0 fully saturated rings. The summed E-state index contributed by atoms with van der Waals surface area (Å²) in [7, 11) is 1.57. The predicted molar refractivity (Wildman–Crippen MR) is 155 cm³/mol. The van der Waals surface area contributed by atoms with Crippen molar-refractivity contribution in [2.24, 2.45) is 0 Å². The molecule has 0 saturated heterocycles. The number of allylic oxidation sites excluding steroid dienone is 1. The number of benzene rings is 3. The van der Waals surface area contributed by atoms with Crippen molar-refractivity contribution < 1.29 is 14.3 Å². The lowest BCUT2D eigenvalue weighted by molar-refractivity contribution is -0.113. The van der Waals surface area contributed by atoms with Crippen LogP contribution in [0.2, 0.25) is 5.02 Å². The second kappa shape index (κ2) is 11.8. The number of anilines is 2. The zero-order valence-electron chi connectivity index (χ0n) is 21.8. The van der Waals surface area contributed by atoms with Gasteiger partial charge in [-0.15, -0.1) is 5.10 Å². The molecular weight excluding hydrogens is 534 g/mol. The van der Waals surface area contributed by atoms with Gasteiger partial charge >= 0.3 is 0 Å². The van der Waals surface area contributed by atoms with Crippen LogP contribution in [0.15, 0.2) is 89.2 Å². The van der Waals surface area contributed by atoms with Crippen molar-refractivity contribution in [3.63, 3.8) is 0 Å². The zero-order valence-corrected chi connectivity index (χ0v) is 23.3. The number of carbonyl (C=O) groups excluding carboxylic acids is 1. The minimum Gasteiger partial charge on any atom is -0.495 e. The Kier molecular flexibility index (Phi) is 8.09. The fourth-order valence-electron chi connectivity index (χ4n) is 4.43. The summed E-state index contributed by atoms with van der Waals surface area (Å²) in [4.78, 5) is 18.6. The minimum absolute atomic E-state index is 0.275. The number of carbonyl (C=O) groups is 1. The number of rotatable bonds is 9. The van der Waals surface area contributed by atoms with E-state index in [4.69, 9.17) is 31.2 Å². The first-order chi connectivity index (χ1) is 19.0. The molecule has 0 saturated carbocycles. The SMILES string of the molecule is CCOc1cccc(C2C(C(=O)Nc3ccccc3OC)=C(C)Nc3nc(SCc4ccccc4Cl)nn32)c1. The second-order valence-corrected chi connectivity index (χ2v) is 10.1. The molecule has 2 heterocycles. The average Bonchev–Trinajstić information content (AvgIpc) is 3.34. The highest BCUT2D eigenvalue weighted by molar-refractivity contribution is 7.98. The van der Waals surface area contributed by atoms with Crippen LogP contribution in [0.1, 0.15) is 31.0 Å². The molecule has 200 valence electrons. The van der Waals surface area contributed by atoms with Crippen LogP contribution in [0, 0.1) is 0 Å². The molecule has 1 aliphatic heterocycles. The van der Waals surface area contributed by atoms with E-state index in [0.717, 1.165) is 11.1 Å². The summed E-state index contributed by atoms with van der Waals surface area (Å²) in [5, 5.41) is 12.4. The van der Waals surface area contributed by atoms with Gasteiger partial charge in [0.1, 0.15) is 17.5 Å². The summed E-state index contributed by atoms with van der Waals surface area (Å²) in [5.41, 5.74) is 3.61. The van der Waals surface area contributed by atoms with Gasteiger partial charge in [0.2, 0.25) is 11.1 Å². The quantitative estimate of drug-likeness (QED) is 0.224. The van der Waals surface area contributed by atoms with Crippen molar-refractivity contribution >= 4 is 40.9 Å². The summed E-state index contributed by atoms with van der Waals surface area (Å²) in [6.07, 6.45) is 0. The minimum atomic E-state index is -0.543. The number of fused-ring (bicyclic) bond motifs is 1. The zero-order chi connectivity index (χ0) is 27.4. The molecule has 4 aromatic rings. The van der Waals surface area contributed by atoms with Crippen molar-refractivity contribution in [3.8, 4) is 11.5 Å². The van der Waals surface area contributed by atoms with Crippen molar-refractivity contribution in [2.75, 3.05) is 24.4 Å². The van der Waals surface area contributed by atoms with E-state index < -0.39 is 6.04 Å². The number of hydrogen-bond donors (Lipinski definition) is 2. The van der Waals surface area contributed by atoms with E-state index >= 15 is 0 Å². The van der Waals surface area contributed by atoms with Crippen LogP contribution in [-0.2, 0) is 10.5 Å². The van der Waals surface area contributed by atoms with Crippen LogP contribution in [0.4, 0.5) is 11.6 Å². The number of ether oxygens (including phenoxy) is 2. The standard InChI is InChI=1S/C29H28ClN5O3S/c1-4-38-21-12-9-11-19(16-21)26-25(27(36)32-23-14-7-8-15-24(23)37-3)18(2)31-28-33-29(34-35(26)28)39-17-20-10-5-6-13-22(20)30/h5-16,26H,4,17H2,1-3H3,(H,32,36)(H,31,33,34). The molecule has 0 aliphatic carbocycles. The lowest BCUT2D eigenvalue weighted by atomic mass is 9.94. The third-order valence-corrected chi connectivity index (χ3v) is 7.49. The molecule has 39 heavy (non-hydrogen) atoms. The molecular formula is C29H28ClN5O3S. The number of amides is 1. The van der Waals surface area contributed by atoms with Crippen molar-refractivity contribution in [1.29, 1.82) is 0 Å². The van der Waals surface area contributed by atoms with E-state index in [9.17, 15) is 4.79 Å². The lowest BCUT2D eigenvalue weighted by Crippen LogP contribution is -2.31. The van der Waals surface area contributed by atoms with Crippen molar-refractivity contribution in [1.82, 2.24) is 14.8 Å². The Labute approximate surface area is 236 Å². The number of hydrogen-bond acceptors (Lipinski definition) is 7. The number of nitrogens with zero attached hydrogens (tertiary/aromatic N) is 3. The smallest absolute Gasteiger partial charge is 0.255 e. The van der Waals surface area contributed by atoms with Gasteiger partial charge in [0, 0.05) is 16.5 Å². The molecule has 3 aromatic carbocycles. The van der Waals surface area contributed by atoms with Crippen molar-refractivity contribution in [2.45, 2.75) is 30.8 Å². The summed E-state index contributed by atoms with van der Waals surface area (Å²) < 4.78 is 13.0. The number of thioether (sulfide) groups is 1. The Balaban J connectivity index is 1.52. The van der Waals surface area contributed by atoms with Crippen LogP contribution >= 0.6 is 23.4 Å². The molecule has 0 bridgehead atoms. The van der Waals surface area contributed by atoms with Crippen LogP contribution in [0.3, 0.4) is 0 Å². The maximum absolute atomic E-state index is 13.8. The Morgan fingerprint density at radius 1 is 1.13 bits per heavy atom. The highest BCUT2D eigenvalue weighted by atomic mass is 35.5. The van der Waals surface area contributed by atoms with Gasteiger partial charge < -0.3 is 20.1 Å². The van der Waals surface area contributed by atoms with Gasteiger partial charge in [-0.1, -0.05) is 65.8 Å². The number of aromatic nitrogens is 3. The van der Waals surface area contributed by atoms with Gasteiger partial charge in [-0.05, 0) is 55.3 Å². The molecule has 0 radical (unpaired) electrons. The Morgan fingerprint density at radius 3 is 2.72 bits per heavy atom. The maximum Gasteiger partial charge on any atom is 0.255 e. The van der Waals surface area contributed by atoms with Crippen LogP contribution in [0.25, 0.3) is 0 Å². The molecule has 1 aliphatic rings. The predicted octanol–water partition coefficient (Wildman–Crippen LogP) is 6.56. The average molecular weight is 562 g/mol. The molecule has 1 amide bonds. The normalized spacial score (nSPS) is 14.4. The third kappa shape index (κ3) is 5.74. The van der Waals surface area contributed by atoms with E-state index in [1.165, 1.54) is 11.8 Å². The summed E-state index contributed by atoms with van der Waals surface area (Å²) in [6, 6.07) is 22.2. The van der Waals surface area contributed by atoms with Crippen LogP contribution in [-0.4, -0.2) is 34.4 Å². The molecule has 1 unspecified atom stereocenters. The van der Waals surface area contributed by atoms with Gasteiger partial charge in [0.15, 0.2) is 0 Å². The Morgan fingerprint density at radius 2 is 1.92 bits per heavy atom. The first kappa shape index (κ1) is 26.6. The van der Waals surface area contributed by atoms with Gasteiger partial charge in [-0.2, -0.15) is 4.98 Å². The van der Waals surface area contributed by atoms with Gasteiger partial charge in [0.05, 0.1) is 25.0 Å². The van der Waals surface area contributed by atoms with Gasteiger partial charge in [0.25, 0.3) is 5.91 Å². The first-order valence-corrected chi connectivity index (χ1v) is 13.8. The second-order valence-electron chi connectivity index (χ2n) is 8.77. The highest BCUT2D eigenvalue weighted by Crippen LogP contribution is 2.38. The van der Waals surface area contributed by atoms with Gasteiger partial charge in [-0.3, -0.25) is 4.79 Å².